The van der Waals surface area contributed by atoms with Gasteiger partial charge in [-0.05, 0) is 36.8 Å². The Kier molecular flexibility index (Phi) is 7.84. The minimum atomic E-state index is -0.414. The molecule has 7 nitrogen and oxygen atoms in total. The highest BCUT2D eigenvalue weighted by molar-refractivity contribution is 5.87. The highest BCUT2D eigenvalue weighted by Gasteiger charge is 2.06. The molecule has 0 bridgehead atoms. The van der Waals surface area contributed by atoms with Crippen LogP contribution in [-0.2, 0) is 16.0 Å². The van der Waals surface area contributed by atoms with E-state index in [4.69, 9.17) is 9.47 Å². The van der Waals surface area contributed by atoms with Crippen molar-refractivity contribution < 1.29 is 19.1 Å². The van der Waals surface area contributed by atoms with E-state index in [-0.39, 0.29) is 18.9 Å². The number of methoxy groups -OCH3 is 1. The number of nitrogens with zero attached hydrogens (tertiary/aromatic N) is 1. The van der Waals surface area contributed by atoms with Gasteiger partial charge in [0.1, 0.15) is 11.5 Å². The van der Waals surface area contributed by atoms with E-state index in [0.29, 0.717) is 12.4 Å². The molecule has 0 fully saturated rings. The van der Waals surface area contributed by atoms with Crippen LogP contribution in [0.5, 0.6) is 11.5 Å². The molecule has 2 rings (SSSR count). The monoisotopic (exact) mass is 369 g/mol. The number of carbonyl (C=O) groups excluding carboxylic acids is 2. The summed E-state index contributed by atoms with van der Waals surface area (Å²) < 4.78 is 10.5. The molecule has 0 saturated carbocycles. The van der Waals surface area contributed by atoms with Crippen LogP contribution in [0.15, 0.2) is 53.6 Å². The Morgan fingerprint density at radius 3 is 2.52 bits per heavy atom. The molecule has 2 amide bonds. The molecular weight excluding hydrogens is 346 g/mol. The van der Waals surface area contributed by atoms with Crippen LogP contribution in [0.1, 0.15) is 18.1 Å². The van der Waals surface area contributed by atoms with Gasteiger partial charge in [-0.2, -0.15) is 5.10 Å². The second-order valence-electron chi connectivity index (χ2n) is 5.57. The van der Waals surface area contributed by atoms with E-state index in [1.54, 1.807) is 31.4 Å². The van der Waals surface area contributed by atoms with Crippen molar-refractivity contribution in [2.24, 2.45) is 5.10 Å². The van der Waals surface area contributed by atoms with Crippen LogP contribution in [0.3, 0.4) is 0 Å². The first kappa shape index (κ1) is 20.0. The summed E-state index contributed by atoms with van der Waals surface area (Å²) in [5.41, 5.74) is 3.96. The van der Waals surface area contributed by atoms with Crippen molar-refractivity contribution in [2.45, 2.75) is 13.3 Å². The molecule has 7 heteroatoms. The summed E-state index contributed by atoms with van der Waals surface area (Å²) in [7, 11) is 1.58. The molecule has 0 atom stereocenters. The number of para-hydroxylation sites is 1. The molecule has 2 aromatic rings. The maximum Gasteiger partial charge on any atom is 0.259 e. The highest BCUT2D eigenvalue weighted by Crippen LogP contribution is 2.15. The van der Waals surface area contributed by atoms with Crippen LogP contribution in [0.25, 0.3) is 0 Å². The molecule has 2 N–H and O–H groups in total. The second-order valence-corrected chi connectivity index (χ2v) is 5.57. The van der Waals surface area contributed by atoms with Crippen LogP contribution >= 0.6 is 0 Å². The largest absolute Gasteiger partial charge is 0.497 e. The Hall–Kier alpha value is -3.35. The molecule has 0 radical (unpaired) electrons. The zero-order valence-electron chi connectivity index (χ0n) is 15.4. The second kappa shape index (κ2) is 10.6. The Morgan fingerprint density at radius 1 is 1.07 bits per heavy atom. The molecule has 0 aliphatic heterocycles. The van der Waals surface area contributed by atoms with E-state index in [0.717, 1.165) is 16.9 Å². The molecule has 0 aliphatic carbocycles. The third-order valence-electron chi connectivity index (χ3n) is 3.58. The quantitative estimate of drug-likeness (QED) is 0.522. The maximum atomic E-state index is 11.9. The first-order valence-corrected chi connectivity index (χ1v) is 8.55. The van der Waals surface area contributed by atoms with E-state index in [1.807, 2.05) is 31.2 Å². The summed E-state index contributed by atoms with van der Waals surface area (Å²) in [4.78, 5) is 23.7. The van der Waals surface area contributed by atoms with Crippen molar-refractivity contribution in [2.75, 3.05) is 20.3 Å². The molecule has 27 heavy (non-hydrogen) atoms. The number of amides is 2. The van der Waals surface area contributed by atoms with Gasteiger partial charge in [-0.1, -0.05) is 24.3 Å². The fourth-order valence-electron chi connectivity index (χ4n) is 2.26. The van der Waals surface area contributed by atoms with Crippen LogP contribution in [0.2, 0.25) is 0 Å². The third-order valence-corrected chi connectivity index (χ3v) is 3.58. The molecule has 2 aromatic carbocycles. The summed E-state index contributed by atoms with van der Waals surface area (Å²) in [6.45, 7) is 2.28. The molecule has 0 heterocycles. The smallest absolute Gasteiger partial charge is 0.259 e. The predicted octanol–water partition coefficient (Wildman–Crippen LogP) is 1.90. The summed E-state index contributed by atoms with van der Waals surface area (Å²) in [6.07, 6.45) is 1.68. The number of hydrogen-bond donors (Lipinski definition) is 2. The minimum absolute atomic E-state index is 0.153. The SMILES string of the molecule is CCOc1ccccc1C=NNC(=O)CNC(=O)Cc1ccc(OC)cc1. The van der Waals surface area contributed by atoms with Crippen molar-refractivity contribution in [1.29, 1.82) is 0 Å². The number of ether oxygens (including phenoxy) is 2. The lowest BCUT2D eigenvalue weighted by Crippen LogP contribution is -2.35. The highest BCUT2D eigenvalue weighted by atomic mass is 16.5. The van der Waals surface area contributed by atoms with Crippen molar-refractivity contribution >= 4 is 18.0 Å². The van der Waals surface area contributed by atoms with Crippen molar-refractivity contribution in [3.63, 3.8) is 0 Å². The molecule has 142 valence electrons. The zero-order chi connectivity index (χ0) is 19.5. The lowest BCUT2D eigenvalue weighted by molar-refractivity contribution is -0.125. The number of benzene rings is 2. The van der Waals surface area contributed by atoms with Gasteiger partial charge in [0.15, 0.2) is 0 Å². The average molecular weight is 369 g/mol. The van der Waals surface area contributed by atoms with Gasteiger partial charge < -0.3 is 14.8 Å². The molecule has 0 unspecified atom stereocenters. The van der Waals surface area contributed by atoms with Crippen LogP contribution in [0.4, 0.5) is 0 Å². The van der Waals surface area contributed by atoms with Crippen LogP contribution < -0.4 is 20.2 Å². The van der Waals surface area contributed by atoms with Crippen LogP contribution in [0, 0.1) is 0 Å². The van der Waals surface area contributed by atoms with Gasteiger partial charge in [0.05, 0.1) is 32.9 Å². The summed E-state index contributed by atoms with van der Waals surface area (Å²) in [6, 6.07) is 14.5. The predicted molar refractivity (Wildman–Crippen MR) is 103 cm³/mol. The molecule has 0 aromatic heterocycles. The maximum absolute atomic E-state index is 11.9. The molecule has 0 spiro atoms. The Bertz CT molecular complexity index is 788. The van der Waals surface area contributed by atoms with Crippen molar-refractivity contribution in [3.8, 4) is 11.5 Å². The summed E-state index contributed by atoms with van der Waals surface area (Å²) in [5.74, 6) is 0.748. The molecule has 0 aliphatic rings. The first-order chi connectivity index (χ1) is 13.1. The normalized spacial score (nSPS) is 10.4. The fraction of sp³-hybridized carbons (Fsp3) is 0.250. The Labute approximate surface area is 158 Å². The zero-order valence-corrected chi connectivity index (χ0v) is 15.4. The number of nitrogens with one attached hydrogen (secondary N) is 2. The van der Waals surface area contributed by atoms with Crippen LogP contribution in [-0.4, -0.2) is 38.3 Å². The first-order valence-electron chi connectivity index (χ1n) is 8.55. The van der Waals surface area contributed by atoms with Crippen molar-refractivity contribution in [3.05, 3.63) is 59.7 Å². The van der Waals surface area contributed by atoms with Gasteiger partial charge in [-0.15, -0.1) is 0 Å². The van der Waals surface area contributed by atoms with E-state index >= 15 is 0 Å². The fourth-order valence-corrected chi connectivity index (χ4v) is 2.26. The van der Waals surface area contributed by atoms with E-state index < -0.39 is 5.91 Å². The molecular formula is C20H23N3O4. The average Bonchev–Trinajstić information content (AvgIpc) is 2.68. The number of carbonyl (C=O) groups is 2. The Balaban J connectivity index is 1.76. The van der Waals surface area contributed by atoms with Gasteiger partial charge in [0.2, 0.25) is 5.91 Å². The van der Waals surface area contributed by atoms with Gasteiger partial charge in [0.25, 0.3) is 5.91 Å². The minimum Gasteiger partial charge on any atom is -0.497 e. The van der Waals surface area contributed by atoms with Gasteiger partial charge >= 0.3 is 0 Å². The summed E-state index contributed by atoms with van der Waals surface area (Å²) in [5, 5.41) is 6.45. The number of rotatable bonds is 9. The van der Waals surface area contributed by atoms with E-state index in [9.17, 15) is 9.59 Å². The number of hydrogen-bond acceptors (Lipinski definition) is 5. The number of hydrazone groups is 1. The van der Waals surface area contributed by atoms with Crippen molar-refractivity contribution in [1.82, 2.24) is 10.7 Å². The lowest BCUT2D eigenvalue weighted by Gasteiger charge is -2.06. The molecule has 0 saturated heterocycles. The third kappa shape index (κ3) is 6.81. The van der Waals surface area contributed by atoms with E-state index in [1.165, 1.54) is 6.21 Å². The topological polar surface area (TPSA) is 89.0 Å². The standard InChI is InChI=1S/C20H23N3O4/c1-3-27-18-7-5-4-6-16(18)13-22-23-20(25)14-21-19(24)12-15-8-10-17(26-2)11-9-15/h4-11,13H,3,12,14H2,1-2H3,(H,21,24)(H,23,25). The summed E-state index contributed by atoms with van der Waals surface area (Å²) >= 11 is 0. The lowest BCUT2D eigenvalue weighted by atomic mass is 10.1. The van der Waals surface area contributed by atoms with Gasteiger partial charge in [-0.25, -0.2) is 5.43 Å². The van der Waals surface area contributed by atoms with Gasteiger partial charge in [-0.3, -0.25) is 9.59 Å². The van der Waals surface area contributed by atoms with Gasteiger partial charge in [0, 0.05) is 5.56 Å². The van der Waals surface area contributed by atoms with E-state index in [2.05, 4.69) is 15.8 Å². The Morgan fingerprint density at radius 2 is 1.81 bits per heavy atom.